The number of tetrazole rings is 1. The zero-order chi connectivity index (χ0) is 34.5. The van der Waals surface area contributed by atoms with Gasteiger partial charge in [-0.15, -0.1) is 16.7 Å². The summed E-state index contributed by atoms with van der Waals surface area (Å²) in [6, 6.07) is 18.8. The second-order valence-electron chi connectivity index (χ2n) is 12.2. The number of nitrogens with one attached hydrogen (secondary N) is 2. The maximum absolute atomic E-state index is 12.9. The van der Waals surface area contributed by atoms with Gasteiger partial charge in [-0.2, -0.15) is 0 Å². The number of likely N-dealkylation sites (tertiary alicyclic amines) is 1. The van der Waals surface area contributed by atoms with Gasteiger partial charge in [0.05, 0.1) is 5.39 Å². The average Bonchev–Trinajstić information content (AvgIpc) is 3.84. The molecule has 0 aliphatic carbocycles. The summed E-state index contributed by atoms with van der Waals surface area (Å²) in [7, 11) is 0. The van der Waals surface area contributed by atoms with E-state index < -0.39 is 0 Å². The van der Waals surface area contributed by atoms with Crippen LogP contribution in [0.2, 0.25) is 0 Å². The summed E-state index contributed by atoms with van der Waals surface area (Å²) in [5, 5.41) is 21.9. The van der Waals surface area contributed by atoms with Crippen LogP contribution in [0, 0.1) is 0 Å². The van der Waals surface area contributed by atoms with Crippen molar-refractivity contribution in [2.24, 2.45) is 0 Å². The molecule has 3 amide bonds. The molecule has 3 aromatic carbocycles. The number of fused-ring (bicyclic) bond motifs is 2. The molecular formula is C35H35ClN8O6. The fourth-order valence-electron chi connectivity index (χ4n) is 6.37. The second-order valence-corrected chi connectivity index (χ2v) is 12.4. The lowest BCUT2D eigenvalue weighted by atomic mass is 10.0. The van der Waals surface area contributed by atoms with Crippen molar-refractivity contribution in [3.63, 3.8) is 0 Å². The van der Waals surface area contributed by atoms with Crippen LogP contribution in [0.4, 0.5) is 5.69 Å². The first kappa shape index (κ1) is 33.0. The summed E-state index contributed by atoms with van der Waals surface area (Å²) in [5.41, 5.74) is 4.17. The Balaban J connectivity index is 0.850. The summed E-state index contributed by atoms with van der Waals surface area (Å²) in [5.74, 6) is 1.89. The first-order chi connectivity index (χ1) is 24.4. The lowest BCUT2D eigenvalue weighted by Crippen LogP contribution is -2.43. The smallest absolute Gasteiger partial charge is 0.257 e. The molecule has 1 fully saturated rings. The number of nitrogens with zero attached hydrogens (tertiary/aromatic N) is 6. The standard InChI is InChI=1S/C35H35ClN8O6/c36-20-33(47)44-14-2-4-22-17-26(7-9-30(22)44)48-21-31(45)37-13-10-32(46)43-15-11-25(12-16-43)49-27-5-1-3-23(18-27)34-28-19-24(35-38-41-42-39-35)6-8-29(28)40-50-34/h1,3,5-9,17-19,25H,2,4,10-16,20-21H2,(H,37,45)(H,38,39,41,42). The molecule has 15 heteroatoms. The molecule has 50 heavy (non-hydrogen) atoms. The molecule has 0 radical (unpaired) electrons. The van der Waals surface area contributed by atoms with E-state index in [9.17, 15) is 14.4 Å². The Kier molecular flexibility index (Phi) is 9.87. The summed E-state index contributed by atoms with van der Waals surface area (Å²) in [6.45, 7) is 1.82. The molecule has 0 saturated carbocycles. The van der Waals surface area contributed by atoms with Crippen LogP contribution in [-0.2, 0) is 20.8 Å². The number of aromatic nitrogens is 5. The first-order valence-electron chi connectivity index (χ1n) is 16.5. The maximum Gasteiger partial charge on any atom is 0.257 e. The number of carbonyl (C=O) groups is 3. The highest BCUT2D eigenvalue weighted by atomic mass is 35.5. The van der Waals surface area contributed by atoms with Gasteiger partial charge in [0.1, 0.15) is 29.0 Å². The third-order valence-corrected chi connectivity index (χ3v) is 9.13. The molecule has 0 unspecified atom stereocenters. The van der Waals surface area contributed by atoms with Gasteiger partial charge in [-0.25, -0.2) is 5.10 Å². The van der Waals surface area contributed by atoms with Crippen LogP contribution in [0.15, 0.2) is 65.2 Å². The Bertz CT molecular complexity index is 1990. The van der Waals surface area contributed by atoms with Crippen molar-refractivity contribution >= 4 is 45.9 Å². The van der Waals surface area contributed by atoms with E-state index in [-0.39, 0.29) is 49.3 Å². The number of carbonyl (C=O) groups excluding carboxylic acids is 3. The largest absolute Gasteiger partial charge is 0.490 e. The number of hydrogen-bond acceptors (Lipinski definition) is 10. The van der Waals surface area contributed by atoms with Gasteiger partial charge in [-0.05, 0) is 77.4 Å². The number of anilines is 1. The van der Waals surface area contributed by atoms with Gasteiger partial charge in [0.25, 0.3) is 5.91 Å². The van der Waals surface area contributed by atoms with Gasteiger partial charge in [0, 0.05) is 62.3 Å². The third-order valence-electron chi connectivity index (χ3n) is 8.90. The van der Waals surface area contributed by atoms with E-state index in [4.69, 9.17) is 25.6 Å². The number of aromatic amines is 1. The van der Waals surface area contributed by atoms with Crippen molar-refractivity contribution in [2.75, 3.05) is 43.6 Å². The van der Waals surface area contributed by atoms with Crippen molar-refractivity contribution in [2.45, 2.75) is 38.2 Å². The molecule has 258 valence electrons. The molecule has 1 saturated heterocycles. The van der Waals surface area contributed by atoms with Crippen LogP contribution < -0.4 is 19.7 Å². The molecule has 2 aromatic heterocycles. The first-order valence-corrected chi connectivity index (χ1v) is 17.1. The van der Waals surface area contributed by atoms with Crippen LogP contribution in [0.25, 0.3) is 33.6 Å². The van der Waals surface area contributed by atoms with Crippen LogP contribution in [0.5, 0.6) is 11.5 Å². The fourth-order valence-corrected chi connectivity index (χ4v) is 6.51. The highest BCUT2D eigenvalue weighted by molar-refractivity contribution is 6.29. The molecule has 0 spiro atoms. The van der Waals surface area contributed by atoms with E-state index in [1.54, 1.807) is 11.0 Å². The molecular weight excluding hydrogens is 664 g/mol. The van der Waals surface area contributed by atoms with Crippen LogP contribution in [-0.4, -0.2) is 93.2 Å². The number of benzene rings is 3. The predicted molar refractivity (Wildman–Crippen MR) is 184 cm³/mol. The Morgan fingerprint density at radius 3 is 2.68 bits per heavy atom. The van der Waals surface area contributed by atoms with Gasteiger partial charge in [0.15, 0.2) is 18.2 Å². The summed E-state index contributed by atoms with van der Waals surface area (Å²) in [6.07, 6.45) is 3.18. The number of aryl methyl sites for hydroxylation is 1. The number of piperidine rings is 1. The highest BCUT2D eigenvalue weighted by Crippen LogP contribution is 2.34. The Morgan fingerprint density at radius 2 is 1.86 bits per heavy atom. The summed E-state index contributed by atoms with van der Waals surface area (Å²) in [4.78, 5) is 40.9. The Hall–Kier alpha value is -5.50. The van der Waals surface area contributed by atoms with E-state index in [2.05, 4.69) is 31.1 Å². The number of alkyl halides is 1. The van der Waals surface area contributed by atoms with Crippen molar-refractivity contribution in [3.05, 3.63) is 66.2 Å². The zero-order valence-corrected chi connectivity index (χ0v) is 27.9. The summed E-state index contributed by atoms with van der Waals surface area (Å²) < 4.78 is 17.7. The minimum atomic E-state index is -0.310. The number of halogens is 1. The normalized spacial score (nSPS) is 14.7. The lowest BCUT2D eigenvalue weighted by Gasteiger charge is -2.32. The SMILES string of the molecule is O=C(COc1ccc2c(c1)CCCN2C(=O)CCl)NCCC(=O)N1CCC(Oc2cccc(-c3onc4ccc(-c5nnn[nH]5)cc34)c2)CC1. The fraction of sp³-hybridized carbons (Fsp3) is 0.343. The van der Waals surface area contributed by atoms with Gasteiger partial charge < -0.3 is 29.1 Å². The van der Waals surface area contributed by atoms with E-state index in [0.29, 0.717) is 61.1 Å². The van der Waals surface area contributed by atoms with Crippen molar-refractivity contribution in [3.8, 4) is 34.2 Å². The summed E-state index contributed by atoms with van der Waals surface area (Å²) >= 11 is 5.75. The number of ether oxygens (including phenoxy) is 2. The second kappa shape index (κ2) is 14.9. The van der Waals surface area contributed by atoms with Crippen molar-refractivity contribution < 1.29 is 28.4 Å². The third kappa shape index (κ3) is 7.39. The van der Waals surface area contributed by atoms with Gasteiger partial charge in [0.2, 0.25) is 11.8 Å². The van der Waals surface area contributed by atoms with E-state index in [0.717, 1.165) is 40.6 Å². The molecule has 0 atom stereocenters. The lowest BCUT2D eigenvalue weighted by molar-refractivity contribution is -0.133. The molecule has 5 aromatic rings. The predicted octanol–water partition coefficient (Wildman–Crippen LogP) is 4.15. The minimum absolute atomic E-state index is 0.0184. The topological polar surface area (TPSA) is 169 Å². The Labute approximate surface area is 292 Å². The van der Waals surface area contributed by atoms with Crippen molar-refractivity contribution in [1.29, 1.82) is 0 Å². The van der Waals surface area contributed by atoms with Crippen LogP contribution in [0.3, 0.4) is 0 Å². The van der Waals surface area contributed by atoms with Gasteiger partial charge >= 0.3 is 0 Å². The zero-order valence-electron chi connectivity index (χ0n) is 27.1. The number of hydrogen-bond donors (Lipinski definition) is 2. The molecule has 14 nitrogen and oxygen atoms in total. The van der Waals surface area contributed by atoms with E-state index in [1.807, 2.05) is 59.5 Å². The maximum atomic E-state index is 12.9. The molecule has 2 N–H and O–H groups in total. The molecule has 0 bridgehead atoms. The number of H-pyrrole nitrogens is 1. The molecule has 7 rings (SSSR count). The number of amides is 3. The molecule has 2 aliphatic rings. The van der Waals surface area contributed by atoms with Crippen molar-refractivity contribution in [1.82, 2.24) is 36.0 Å². The van der Waals surface area contributed by atoms with Gasteiger partial charge in [-0.1, -0.05) is 17.3 Å². The quantitative estimate of drug-likeness (QED) is 0.191. The number of rotatable bonds is 11. The van der Waals surface area contributed by atoms with E-state index >= 15 is 0 Å². The average molecular weight is 699 g/mol. The molecule has 4 heterocycles. The van der Waals surface area contributed by atoms with Gasteiger partial charge in [-0.3, -0.25) is 14.4 Å². The minimum Gasteiger partial charge on any atom is -0.490 e. The Morgan fingerprint density at radius 1 is 0.980 bits per heavy atom. The van der Waals surface area contributed by atoms with Crippen LogP contribution in [0.1, 0.15) is 31.2 Å². The highest BCUT2D eigenvalue weighted by Gasteiger charge is 2.25. The van der Waals surface area contributed by atoms with E-state index in [1.165, 1.54) is 0 Å². The monoisotopic (exact) mass is 698 g/mol. The van der Waals surface area contributed by atoms with Crippen LogP contribution >= 0.6 is 11.6 Å². The molecule has 2 aliphatic heterocycles.